The molecule has 0 saturated carbocycles. The fourth-order valence-electron chi connectivity index (χ4n) is 3.01. The molecule has 1 fully saturated rings. The van der Waals surface area contributed by atoms with E-state index in [1.807, 2.05) is 25.3 Å². The zero-order chi connectivity index (χ0) is 18.2. The summed E-state index contributed by atoms with van der Waals surface area (Å²) in [6.45, 7) is 5.86. The van der Waals surface area contributed by atoms with Crippen LogP contribution in [0.25, 0.3) is 0 Å². The summed E-state index contributed by atoms with van der Waals surface area (Å²) in [6.07, 6.45) is 4.31. The monoisotopic (exact) mass is 355 g/mol. The number of hydrogen-bond acceptors (Lipinski definition) is 3. The van der Waals surface area contributed by atoms with Crippen LogP contribution in [0.2, 0.25) is 0 Å². The molecule has 0 amide bonds. The largest absolute Gasteiger partial charge is 0.357 e. The molecular weight excluding hydrogens is 329 g/mol. The number of rotatable bonds is 6. The summed E-state index contributed by atoms with van der Waals surface area (Å²) in [5.41, 5.74) is 1.74. The predicted molar refractivity (Wildman–Crippen MR) is 104 cm³/mol. The van der Waals surface area contributed by atoms with Crippen LogP contribution in [0.15, 0.2) is 47.6 Å². The van der Waals surface area contributed by atoms with Gasteiger partial charge >= 0.3 is 0 Å². The lowest BCUT2D eigenvalue weighted by Crippen LogP contribution is -2.37. The Bertz CT molecular complexity index is 740. The molecular formula is C20H26FN5. The number of aliphatic imine (C=N–C) groups is 1. The molecule has 138 valence electrons. The average Bonchev–Trinajstić information content (AvgIpc) is 3.20. The molecule has 1 aliphatic heterocycles. The van der Waals surface area contributed by atoms with E-state index in [0.717, 1.165) is 31.0 Å². The highest BCUT2D eigenvalue weighted by Gasteiger charge is 2.13. The highest BCUT2D eigenvalue weighted by Crippen LogP contribution is 2.18. The lowest BCUT2D eigenvalue weighted by atomic mass is 10.2. The summed E-state index contributed by atoms with van der Waals surface area (Å²) in [4.78, 5) is 11.4. The van der Waals surface area contributed by atoms with E-state index in [1.165, 1.54) is 18.9 Å². The molecule has 26 heavy (non-hydrogen) atoms. The van der Waals surface area contributed by atoms with Gasteiger partial charge in [0.15, 0.2) is 5.96 Å². The molecule has 2 aromatic rings. The number of guanidine groups is 1. The first kappa shape index (κ1) is 18.2. The second kappa shape index (κ2) is 9.17. The standard InChI is InChI=1S/C20H26FN5/c1-2-22-20(25-15-17-7-3-4-8-18(17)21)24-14-16-9-10-23-19(13-16)26-11-5-6-12-26/h3-4,7-10,13H,2,5-6,11-12,14-15H2,1H3,(H2,22,24,25). The Balaban J connectivity index is 1.63. The molecule has 0 unspecified atom stereocenters. The maximum absolute atomic E-state index is 13.8. The number of hydrogen-bond donors (Lipinski definition) is 2. The van der Waals surface area contributed by atoms with E-state index in [0.29, 0.717) is 24.6 Å². The molecule has 0 spiro atoms. The van der Waals surface area contributed by atoms with Crippen molar-refractivity contribution in [3.8, 4) is 0 Å². The van der Waals surface area contributed by atoms with Gasteiger partial charge in [-0.15, -0.1) is 0 Å². The van der Waals surface area contributed by atoms with Crippen molar-refractivity contribution in [2.75, 3.05) is 24.5 Å². The highest BCUT2D eigenvalue weighted by molar-refractivity contribution is 5.79. The number of pyridine rings is 1. The van der Waals surface area contributed by atoms with Crippen LogP contribution in [-0.4, -0.2) is 30.6 Å². The zero-order valence-corrected chi connectivity index (χ0v) is 15.2. The fraction of sp³-hybridized carbons (Fsp3) is 0.400. The molecule has 0 bridgehead atoms. The van der Waals surface area contributed by atoms with E-state index in [1.54, 1.807) is 12.1 Å². The lowest BCUT2D eigenvalue weighted by molar-refractivity contribution is 0.604. The molecule has 0 radical (unpaired) electrons. The van der Waals surface area contributed by atoms with E-state index in [9.17, 15) is 4.39 Å². The van der Waals surface area contributed by atoms with Gasteiger partial charge in [-0.25, -0.2) is 14.4 Å². The third-order valence-electron chi connectivity index (χ3n) is 4.41. The van der Waals surface area contributed by atoms with Crippen molar-refractivity contribution in [3.05, 3.63) is 59.5 Å². The molecule has 2 N–H and O–H groups in total. The van der Waals surface area contributed by atoms with E-state index in [-0.39, 0.29) is 5.82 Å². The van der Waals surface area contributed by atoms with Gasteiger partial charge in [-0.3, -0.25) is 0 Å². The summed E-state index contributed by atoms with van der Waals surface area (Å²) < 4.78 is 13.8. The molecule has 5 nitrogen and oxygen atoms in total. The molecule has 1 aromatic heterocycles. The van der Waals surface area contributed by atoms with Gasteiger partial charge < -0.3 is 15.5 Å². The average molecular weight is 355 g/mol. The highest BCUT2D eigenvalue weighted by atomic mass is 19.1. The maximum Gasteiger partial charge on any atom is 0.191 e. The smallest absolute Gasteiger partial charge is 0.191 e. The predicted octanol–water partition coefficient (Wildman–Crippen LogP) is 3.08. The van der Waals surface area contributed by atoms with Crippen LogP contribution in [-0.2, 0) is 13.1 Å². The zero-order valence-electron chi connectivity index (χ0n) is 15.2. The minimum Gasteiger partial charge on any atom is -0.357 e. The summed E-state index contributed by atoms with van der Waals surface area (Å²) in [6, 6.07) is 10.9. The van der Waals surface area contributed by atoms with Crippen molar-refractivity contribution in [2.45, 2.75) is 32.9 Å². The number of nitrogens with one attached hydrogen (secondary N) is 2. The van der Waals surface area contributed by atoms with E-state index < -0.39 is 0 Å². The first-order chi connectivity index (χ1) is 12.8. The van der Waals surface area contributed by atoms with Crippen molar-refractivity contribution in [2.24, 2.45) is 4.99 Å². The molecule has 1 aromatic carbocycles. The SMILES string of the molecule is CCNC(=NCc1ccnc(N2CCCC2)c1)NCc1ccccc1F. The summed E-state index contributed by atoms with van der Waals surface area (Å²) in [7, 11) is 0. The summed E-state index contributed by atoms with van der Waals surface area (Å²) in [5.74, 6) is 1.50. The van der Waals surface area contributed by atoms with Crippen molar-refractivity contribution >= 4 is 11.8 Å². The van der Waals surface area contributed by atoms with Gasteiger partial charge in [0, 0.05) is 37.9 Å². The van der Waals surface area contributed by atoms with E-state index >= 15 is 0 Å². The van der Waals surface area contributed by atoms with Crippen molar-refractivity contribution in [3.63, 3.8) is 0 Å². The van der Waals surface area contributed by atoms with Gasteiger partial charge in [0.25, 0.3) is 0 Å². The van der Waals surface area contributed by atoms with Gasteiger partial charge in [-0.05, 0) is 43.5 Å². The van der Waals surface area contributed by atoms with Gasteiger partial charge in [0.05, 0.1) is 6.54 Å². The number of nitrogens with zero attached hydrogens (tertiary/aromatic N) is 3. The third kappa shape index (κ3) is 4.94. The van der Waals surface area contributed by atoms with Crippen LogP contribution in [0.5, 0.6) is 0 Å². The Hall–Kier alpha value is -2.63. The molecule has 6 heteroatoms. The molecule has 0 atom stereocenters. The van der Waals surface area contributed by atoms with Crippen molar-refractivity contribution in [1.29, 1.82) is 0 Å². The molecule has 2 heterocycles. The summed E-state index contributed by atoms with van der Waals surface area (Å²) in [5, 5.41) is 6.39. The van der Waals surface area contributed by atoms with Gasteiger partial charge in [0.1, 0.15) is 11.6 Å². The van der Waals surface area contributed by atoms with E-state index in [4.69, 9.17) is 0 Å². The Morgan fingerprint density at radius 3 is 2.77 bits per heavy atom. The number of anilines is 1. The number of benzene rings is 1. The van der Waals surface area contributed by atoms with Crippen LogP contribution in [0, 0.1) is 5.82 Å². The Morgan fingerprint density at radius 1 is 1.19 bits per heavy atom. The summed E-state index contributed by atoms with van der Waals surface area (Å²) >= 11 is 0. The Kier molecular flexibility index (Phi) is 6.41. The Labute approximate surface area is 154 Å². The van der Waals surface area contributed by atoms with Crippen molar-refractivity contribution in [1.82, 2.24) is 15.6 Å². The van der Waals surface area contributed by atoms with Crippen LogP contribution >= 0.6 is 0 Å². The molecule has 1 saturated heterocycles. The molecule has 3 rings (SSSR count). The normalized spacial score (nSPS) is 14.5. The quantitative estimate of drug-likeness (QED) is 0.618. The lowest BCUT2D eigenvalue weighted by Gasteiger charge is -2.16. The van der Waals surface area contributed by atoms with Gasteiger partial charge in [0.2, 0.25) is 0 Å². The topological polar surface area (TPSA) is 52.6 Å². The first-order valence-corrected chi connectivity index (χ1v) is 9.21. The second-order valence-corrected chi connectivity index (χ2v) is 6.36. The Morgan fingerprint density at radius 2 is 2.00 bits per heavy atom. The van der Waals surface area contributed by atoms with Crippen molar-refractivity contribution < 1.29 is 4.39 Å². The van der Waals surface area contributed by atoms with Gasteiger partial charge in [-0.1, -0.05) is 18.2 Å². The minimum atomic E-state index is -0.208. The number of halogens is 1. The maximum atomic E-state index is 13.8. The van der Waals surface area contributed by atoms with Gasteiger partial charge in [-0.2, -0.15) is 0 Å². The van der Waals surface area contributed by atoms with Crippen LogP contribution in [0.3, 0.4) is 0 Å². The molecule has 0 aliphatic carbocycles. The number of aromatic nitrogens is 1. The van der Waals surface area contributed by atoms with Crippen LogP contribution in [0.4, 0.5) is 10.2 Å². The van der Waals surface area contributed by atoms with E-state index in [2.05, 4.69) is 31.6 Å². The molecule has 1 aliphatic rings. The van der Waals surface area contributed by atoms with Crippen LogP contribution < -0.4 is 15.5 Å². The fourth-order valence-corrected chi connectivity index (χ4v) is 3.01. The second-order valence-electron chi connectivity index (χ2n) is 6.36. The van der Waals surface area contributed by atoms with Crippen LogP contribution in [0.1, 0.15) is 30.9 Å². The minimum absolute atomic E-state index is 0.208. The first-order valence-electron chi connectivity index (χ1n) is 9.21. The third-order valence-corrected chi connectivity index (χ3v) is 4.41.